The molecule has 0 unspecified atom stereocenters. The van der Waals surface area contributed by atoms with Crippen LogP contribution in [0.25, 0.3) is 0 Å². The molecule has 30 heavy (non-hydrogen) atoms. The third kappa shape index (κ3) is 5.31. The van der Waals surface area contributed by atoms with Crippen molar-refractivity contribution < 1.29 is 22.6 Å². The highest BCUT2D eigenvalue weighted by Gasteiger charge is 2.35. The maximum atomic E-state index is 13.0. The first kappa shape index (κ1) is 22.1. The summed E-state index contributed by atoms with van der Waals surface area (Å²) >= 11 is 0. The Balaban J connectivity index is 1.77. The second-order valence-corrected chi connectivity index (χ2v) is 7.68. The fraction of sp³-hybridized carbons (Fsp3) is 0.500. The third-order valence-corrected chi connectivity index (χ3v) is 4.75. The van der Waals surface area contributed by atoms with Crippen molar-refractivity contribution in [3.05, 3.63) is 35.5 Å². The Morgan fingerprint density at radius 2 is 2.07 bits per heavy atom. The Hall–Kier alpha value is -2.59. The molecule has 0 radical (unpaired) electrons. The van der Waals surface area contributed by atoms with Crippen LogP contribution in [0.5, 0.6) is 5.75 Å². The van der Waals surface area contributed by atoms with E-state index in [2.05, 4.69) is 39.3 Å². The average molecular weight is 425 g/mol. The summed E-state index contributed by atoms with van der Waals surface area (Å²) in [5, 5.41) is 5.39. The van der Waals surface area contributed by atoms with E-state index >= 15 is 0 Å². The number of alkyl halides is 3. The number of nitrogens with zero attached hydrogens (tertiary/aromatic N) is 3. The van der Waals surface area contributed by atoms with Gasteiger partial charge in [0, 0.05) is 32.9 Å². The summed E-state index contributed by atoms with van der Waals surface area (Å²) in [5.41, 5.74) is 0.505. The first-order chi connectivity index (χ1) is 14.1. The Morgan fingerprint density at radius 1 is 1.30 bits per heavy atom. The largest absolute Gasteiger partial charge is 0.495 e. The molecule has 1 aromatic carbocycles. The number of hydrogen-bond acceptors (Lipinski definition) is 7. The molecule has 2 aromatic rings. The Morgan fingerprint density at radius 3 is 2.70 bits per heavy atom. The standard InChI is InChI=1S/C20H26F3N5O2/c1-19(2)12-28(7-8-30-19)11-13-5-6-15(16(9-13)29-4)26-18-25-10-14(20(21,22)23)17(24-3)27-18/h5-6,9-10H,7-8,11-12H2,1-4H3,(H2,24,25,26,27). The zero-order valence-electron chi connectivity index (χ0n) is 17.4. The van der Waals surface area contributed by atoms with Crippen LogP contribution in [-0.2, 0) is 17.5 Å². The van der Waals surface area contributed by atoms with Gasteiger partial charge in [0.1, 0.15) is 17.1 Å². The zero-order chi connectivity index (χ0) is 21.9. The van der Waals surface area contributed by atoms with E-state index < -0.39 is 11.7 Å². The topological polar surface area (TPSA) is 71.5 Å². The molecule has 0 spiro atoms. The molecule has 1 fully saturated rings. The molecule has 1 aliphatic rings. The van der Waals surface area contributed by atoms with Crippen LogP contribution in [0, 0.1) is 0 Å². The zero-order valence-corrected chi connectivity index (χ0v) is 17.4. The lowest BCUT2D eigenvalue weighted by atomic mass is 10.1. The molecule has 0 aliphatic carbocycles. The summed E-state index contributed by atoms with van der Waals surface area (Å²) in [6.45, 7) is 7.22. The van der Waals surface area contributed by atoms with E-state index in [4.69, 9.17) is 9.47 Å². The van der Waals surface area contributed by atoms with Crippen LogP contribution in [-0.4, -0.2) is 54.3 Å². The summed E-state index contributed by atoms with van der Waals surface area (Å²) in [6.07, 6.45) is -3.79. The van der Waals surface area contributed by atoms with E-state index in [1.54, 1.807) is 6.07 Å². The van der Waals surface area contributed by atoms with Crippen molar-refractivity contribution in [2.45, 2.75) is 32.2 Å². The highest BCUT2D eigenvalue weighted by Crippen LogP contribution is 2.34. The van der Waals surface area contributed by atoms with Crippen molar-refractivity contribution >= 4 is 17.5 Å². The fourth-order valence-electron chi connectivity index (χ4n) is 3.41. The molecule has 7 nitrogen and oxygen atoms in total. The second-order valence-electron chi connectivity index (χ2n) is 7.68. The number of aromatic nitrogens is 2. The van der Waals surface area contributed by atoms with Gasteiger partial charge in [-0.2, -0.15) is 18.2 Å². The molecular formula is C20H26F3N5O2. The van der Waals surface area contributed by atoms with Crippen LogP contribution in [0.2, 0.25) is 0 Å². The third-order valence-electron chi connectivity index (χ3n) is 4.75. The van der Waals surface area contributed by atoms with Crippen LogP contribution >= 0.6 is 0 Å². The number of hydrogen-bond donors (Lipinski definition) is 2. The first-order valence-corrected chi connectivity index (χ1v) is 9.53. The van der Waals surface area contributed by atoms with Crippen molar-refractivity contribution in [2.24, 2.45) is 0 Å². The molecule has 10 heteroatoms. The minimum Gasteiger partial charge on any atom is -0.495 e. The molecule has 2 heterocycles. The molecule has 0 atom stereocenters. The molecule has 0 amide bonds. The van der Waals surface area contributed by atoms with Crippen molar-refractivity contribution in [2.75, 3.05) is 44.5 Å². The second kappa shape index (κ2) is 8.65. The molecule has 2 N–H and O–H groups in total. The number of rotatable bonds is 6. The molecule has 1 aromatic heterocycles. The number of benzene rings is 1. The van der Waals surface area contributed by atoms with Crippen LogP contribution in [0.1, 0.15) is 25.0 Å². The number of nitrogens with one attached hydrogen (secondary N) is 2. The molecule has 1 aliphatic heterocycles. The normalized spacial score (nSPS) is 16.9. The van der Waals surface area contributed by atoms with Gasteiger partial charge in [-0.15, -0.1) is 0 Å². The lowest BCUT2D eigenvalue weighted by Gasteiger charge is -2.38. The maximum absolute atomic E-state index is 13.0. The van der Waals surface area contributed by atoms with Crippen molar-refractivity contribution in [3.63, 3.8) is 0 Å². The van der Waals surface area contributed by atoms with Gasteiger partial charge in [0.25, 0.3) is 0 Å². The van der Waals surface area contributed by atoms with E-state index in [9.17, 15) is 13.2 Å². The molecule has 1 saturated heterocycles. The smallest absolute Gasteiger partial charge is 0.421 e. The highest BCUT2D eigenvalue weighted by atomic mass is 19.4. The summed E-state index contributed by atoms with van der Waals surface area (Å²) < 4.78 is 50.3. The monoisotopic (exact) mass is 425 g/mol. The SMILES string of the molecule is CNc1nc(Nc2ccc(CN3CCOC(C)(C)C3)cc2OC)ncc1C(F)(F)F. The van der Waals surface area contributed by atoms with Gasteiger partial charge in [0.2, 0.25) is 5.95 Å². The minimum absolute atomic E-state index is 0.0355. The fourth-order valence-corrected chi connectivity index (χ4v) is 3.41. The van der Waals surface area contributed by atoms with Crippen LogP contribution in [0.15, 0.2) is 24.4 Å². The minimum atomic E-state index is -4.54. The van der Waals surface area contributed by atoms with Crippen LogP contribution in [0.4, 0.5) is 30.6 Å². The van der Waals surface area contributed by atoms with Gasteiger partial charge < -0.3 is 20.1 Å². The Bertz CT molecular complexity index is 889. The molecule has 3 rings (SSSR count). The van der Waals surface area contributed by atoms with Gasteiger partial charge in [-0.1, -0.05) is 6.07 Å². The molecule has 164 valence electrons. The summed E-state index contributed by atoms with van der Waals surface area (Å²) in [5.74, 6) is 0.286. The van der Waals surface area contributed by atoms with E-state index in [0.29, 0.717) is 18.0 Å². The van der Waals surface area contributed by atoms with Crippen LogP contribution in [0.3, 0.4) is 0 Å². The van der Waals surface area contributed by atoms with E-state index in [-0.39, 0.29) is 17.4 Å². The maximum Gasteiger partial charge on any atom is 0.421 e. The summed E-state index contributed by atoms with van der Waals surface area (Å²) in [4.78, 5) is 10.0. The van der Waals surface area contributed by atoms with Crippen molar-refractivity contribution in [3.8, 4) is 5.75 Å². The Labute approximate surface area is 173 Å². The summed E-state index contributed by atoms with van der Waals surface area (Å²) in [6, 6.07) is 5.64. The number of morpholine rings is 1. The van der Waals surface area contributed by atoms with Gasteiger partial charge in [-0.3, -0.25) is 4.90 Å². The van der Waals surface area contributed by atoms with E-state index in [1.807, 2.05) is 12.1 Å². The average Bonchev–Trinajstić information content (AvgIpc) is 2.67. The predicted molar refractivity (Wildman–Crippen MR) is 108 cm³/mol. The highest BCUT2D eigenvalue weighted by molar-refractivity contribution is 5.64. The number of methoxy groups -OCH3 is 1. The van der Waals surface area contributed by atoms with Gasteiger partial charge in [-0.05, 0) is 31.5 Å². The molecule has 0 saturated carbocycles. The lowest BCUT2D eigenvalue weighted by molar-refractivity contribution is -0.137. The van der Waals surface area contributed by atoms with E-state index in [0.717, 1.165) is 31.4 Å². The number of anilines is 3. The van der Waals surface area contributed by atoms with Gasteiger partial charge in [0.15, 0.2) is 0 Å². The quantitative estimate of drug-likeness (QED) is 0.727. The van der Waals surface area contributed by atoms with Crippen LogP contribution < -0.4 is 15.4 Å². The van der Waals surface area contributed by atoms with Gasteiger partial charge in [0.05, 0.1) is 25.0 Å². The van der Waals surface area contributed by atoms with Gasteiger partial charge >= 0.3 is 6.18 Å². The number of halogens is 3. The van der Waals surface area contributed by atoms with Crippen molar-refractivity contribution in [1.29, 1.82) is 0 Å². The Kier molecular flexibility index (Phi) is 6.37. The molecule has 0 bridgehead atoms. The first-order valence-electron chi connectivity index (χ1n) is 9.53. The lowest BCUT2D eigenvalue weighted by Crippen LogP contribution is -2.47. The van der Waals surface area contributed by atoms with Crippen molar-refractivity contribution in [1.82, 2.24) is 14.9 Å². The van der Waals surface area contributed by atoms with E-state index in [1.165, 1.54) is 14.2 Å². The molecular weight excluding hydrogens is 399 g/mol. The number of ether oxygens (including phenoxy) is 2. The van der Waals surface area contributed by atoms with Gasteiger partial charge in [-0.25, -0.2) is 4.98 Å². The summed E-state index contributed by atoms with van der Waals surface area (Å²) in [7, 11) is 2.92. The predicted octanol–water partition coefficient (Wildman–Crippen LogP) is 3.90.